The van der Waals surface area contributed by atoms with Crippen LogP contribution in [-0.2, 0) is 9.47 Å². The van der Waals surface area contributed by atoms with Crippen molar-refractivity contribution >= 4 is 29.5 Å². The topological polar surface area (TPSA) is 109 Å². The number of amides is 2. The molecular weight excluding hydrogens is 398 g/mol. The molecular formula is C22H35N5O4. The largest absolute Gasteiger partial charge is 0.444 e. The minimum Gasteiger partial charge on any atom is -0.444 e. The third-order valence-corrected chi connectivity index (χ3v) is 4.34. The van der Waals surface area contributed by atoms with Crippen molar-refractivity contribution in [3.8, 4) is 0 Å². The van der Waals surface area contributed by atoms with E-state index in [1.54, 1.807) is 41.5 Å². The van der Waals surface area contributed by atoms with Gasteiger partial charge in [0.25, 0.3) is 0 Å². The van der Waals surface area contributed by atoms with Gasteiger partial charge in [0.1, 0.15) is 11.2 Å². The number of nitrogens with two attached hydrogens (primary N) is 1. The highest BCUT2D eigenvalue weighted by Gasteiger charge is 2.26. The fraction of sp³-hybridized carbons (Fsp3) is 0.591. The number of nitrogens with zero attached hydrogens (tertiary/aromatic N) is 3. The van der Waals surface area contributed by atoms with Crippen LogP contribution in [0.25, 0.3) is 0 Å². The van der Waals surface area contributed by atoms with E-state index in [-0.39, 0.29) is 5.96 Å². The molecule has 9 heteroatoms. The zero-order chi connectivity index (χ0) is 23.4. The predicted molar refractivity (Wildman–Crippen MR) is 122 cm³/mol. The number of alkyl carbamates (subject to hydrolysis) is 1. The van der Waals surface area contributed by atoms with Gasteiger partial charge in [-0.3, -0.25) is 5.32 Å². The first-order chi connectivity index (χ1) is 14.2. The summed E-state index contributed by atoms with van der Waals surface area (Å²) in [5, 5.41) is 2.61. The molecule has 2 rings (SSSR count). The Morgan fingerprint density at radius 3 is 2.10 bits per heavy atom. The van der Waals surface area contributed by atoms with Gasteiger partial charge in [0, 0.05) is 37.6 Å². The number of hydrogen-bond acceptors (Lipinski definition) is 6. The molecule has 1 heterocycles. The average molecular weight is 434 g/mol. The lowest BCUT2D eigenvalue weighted by atomic mass is 10.1. The molecule has 31 heavy (non-hydrogen) atoms. The number of piperazine rings is 1. The van der Waals surface area contributed by atoms with Gasteiger partial charge < -0.3 is 25.0 Å². The number of anilines is 2. The Kier molecular flexibility index (Phi) is 7.41. The number of rotatable bonds is 1. The van der Waals surface area contributed by atoms with Crippen molar-refractivity contribution < 1.29 is 19.1 Å². The van der Waals surface area contributed by atoms with Crippen LogP contribution in [0.5, 0.6) is 0 Å². The molecule has 1 aliphatic rings. The molecule has 1 fully saturated rings. The zero-order valence-corrected chi connectivity index (χ0v) is 19.6. The molecule has 0 aliphatic carbocycles. The Labute approximate surface area is 184 Å². The van der Waals surface area contributed by atoms with Gasteiger partial charge in [-0.1, -0.05) is 0 Å². The smallest absolute Gasteiger partial charge is 0.437 e. The van der Waals surface area contributed by atoms with E-state index in [2.05, 4.69) is 15.2 Å². The Balaban J connectivity index is 2.14. The van der Waals surface area contributed by atoms with E-state index < -0.39 is 23.4 Å². The summed E-state index contributed by atoms with van der Waals surface area (Å²) in [4.78, 5) is 32.7. The van der Waals surface area contributed by atoms with Crippen LogP contribution in [0.3, 0.4) is 0 Å². The molecule has 0 radical (unpaired) electrons. The van der Waals surface area contributed by atoms with Gasteiger partial charge in [0.15, 0.2) is 0 Å². The fourth-order valence-corrected chi connectivity index (χ4v) is 3.14. The van der Waals surface area contributed by atoms with Crippen molar-refractivity contribution in [1.29, 1.82) is 0 Å². The molecule has 0 aromatic heterocycles. The maximum atomic E-state index is 12.3. The average Bonchev–Trinajstić information content (AvgIpc) is 2.58. The molecule has 1 saturated heterocycles. The lowest BCUT2D eigenvalue weighted by Gasteiger charge is -2.38. The molecule has 0 atom stereocenters. The number of carbonyl (C=O) groups is 2. The zero-order valence-electron chi connectivity index (χ0n) is 19.6. The summed E-state index contributed by atoms with van der Waals surface area (Å²) < 4.78 is 10.6. The standard InChI is InChI=1S/C22H35N5O4/c1-15-14-16(23)8-9-17(15)26-10-12-27(13-11-26)18(24-19(28)30-21(2,3)4)25-20(29)31-22(5,6)7/h8-9,14H,10-13,23H2,1-7H3,(H,24,25,28,29). The van der Waals surface area contributed by atoms with Crippen LogP contribution < -0.4 is 16.0 Å². The fourth-order valence-electron chi connectivity index (χ4n) is 3.14. The van der Waals surface area contributed by atoms with Crippen LogP contribution in [0.15, 0.2) is 23.2 Å². The van der Waals surface area contributed by atoms with Gasteiger partial charge in [-0.2, -0.15) is 0 Å². The van der Waals surface area contributed by atoms with E-state index in [0.717, 1.165) is 16.9 Å². The van der Waals surface area contributed by atoms with E-state index >= 15 is 0 Å². The number of aliphatic imine (C=N–C) groups is 1. The van der Waals surface area contributed by atoms with Gasteiger partial charge in [0.2, 0.25) is 5.96 Å². The number of ether oxygens (including phenoxy) is 2. The maximum Gasteiger partial charge on any atom is 0.437 e. The lowest BCUT2D eigenvalue weighted by Crippen LogP contribution is -2.54. The summed E-state index contributed by atoms with van der Waals surface area (Å²) in [6, 6.07) is 5.84. The molecule has 1 aliphatic heterocycles. The van der Waals surface area contributed by atoms with Crippen molar-refractivity contribution in [2.24, 2.45) is 4.99 Å². The first kappa shape index (κ1) is 24.3. The van der Waals surface area contributed by atoms with Gasteiger partial charge in [-0.25, -0.2) is 9.59 Å². The molecule has 0 saturated carbocycles. The summed E-state index contributed by atoms with van der Waals surface area (Å²) in [5.74, 6) is 0.122. The van der Waals surface area contributed by atoms with Gasteiger partial charge >= 0.3 is 12.2 Å². The second-order valence-corrected chi connectivity index (χ2v) is 9.56. The Morgan fingerprint density at radius 2 is 1.58 bits per heavy atom. The number of nitrogen functional groups attached to an aromatic ring is 1. The van der Waals surface area contributed by atoms with E-state index in [1.807, 2.05) is 30.0 Å². The molecule has 0 unspecified atom stereocenters. The minimum atomic E-state index is -0.768. The van der Waals surface area contributed by atoms with Crippen LogP contribution in [0.4, 0.5) is 21.0 Å². The highest BCUT2D eigenvalue weighted by atomic mass is 16.6. The minimum absolute atomic E-state index is 0.122. The second kappa shape index (κ2) is 9.45. The second-order valence-electron chi connectivity index (χ2n) is 9.56. The van der Waals surface area contributed by atoms with Crippen LogP contribution in [0.2, 0.25) is 0 Å². The third kappa shape index (κ3) is 7.99. The number of guanidine groups is 1. The monoisotopic (exact) mass is 433 g/mol. The molecule has 1 aromatic carbocycles. The molecule has 172 valence electrons. The van der Waals surface area contributed by atoms with Gasteiger partial charge in [0.05, 0.1) is 0 Å². The lowest BCUT2D eigenvalue weighted by molar-refractivity contribution is 0.0554. The third-order valence-electron chi connectivity index (χ3n) is 4.34. The molecule has 0 spiro atoms. The van der Waals surface area contributed by atoms with Crippen molar-refractivity contribution in [2.75, 3.05) is 36.8 Å². The summed E-state index contributed by atoms with van der Waals surface area (Å²) in [7, 11) is 0. The maximum absolute atomic E-state index is 12.3. The predicted octanol–water partition coefficient (Wildman–Crippen LogP) is 3.52. The first-order valence-electron chi connectivity index (χ1n) is 10.4. The number of aryl methyl sites for hydroxylation is 1. The summed E-state index contributed by atoms with van der Waals surface area (Å²) >= 11 is 0. The van der Waals surface area contributed by atoms with Gasteiger partial charge in [-0.15, -0.1) is 4.99 Å². The molecule has 0 bridgehead atoms. The number of carbonyl (C=O) groups excluding carboxylic acids is 2. The highest BCUT2D eigenvalue weighted by Crippen LogP contribution is 2.23. The Morgan fingerprint density at radius 1 is 1.00 bits per heavy atom. The van der Waals surface area contributed by atoms with Crippen LogP contribution in [0.1, 0.15) is 47.1 Å². The number of benzene rings is 1. The SMILES string of the molecule is Cc1cc(N)ccc1N1CCN(/C(=N/C(=O)OC(C)(C)C)NC(=O)OC(C)(C)C)CC1. The molecule has 9 nitrogen and oxygen atoms in total. The van der Waals surface area contributed by atoms with Crippen molar-refractivity contribution in [1.82, 2.24) is 10.2 Å². The molecule has 1 aromatic rings. The number of hydrogen-bond donors (Lipinski definition) is 2. The van der Waals surface area contributed by atoms with E-state index in [0.29, 0.717) is 26.2 Å². The van der Waals surface area contributed by atoms with Crippen molar-refractivity contribution in [3.63, 3.8) is 0 Å². The van der Waals surface area contributed by atoms with Crippen molar-refractivity contribution in [3.05, 3.63) is 23.8 Å². The van der Waals surface area contributed by atoms with E-state index in [9.17, 15) is 9.59 Å². The van der Waals surface area contributed by atoms with Crippen LogP contribution in [0, 0.1) is 6.92 Å². The summed E-state index contributed by atoms with van der Waals surface area (Å²) in [6.07, 6.45) is -1.44. The van der Waals surface area contributed by atoms with E-state index in [4.69, 9.17) is 15.2 Å². The molecule has 2 amide bonds. The normalized spacial score (nSPS) is 15.5. The first-order valence-corrected chi connectivity index (χ1v) is 10.4. The highest BCUT2D eigenvalue weighted by molar-refractivity contribution is 5.99. The Bertz CT molecular complexity index is 831. The quantitative estimate of drug-likeness (QED) is 0.396. The van der Waals surface area contributed by atoms with Crippen LogP contribution in [-0.4, -0.2) is 60.4 Å². The Hall–Kier alpha value is -2.97. The molecule has 3 N–H and O–H groups in total. The van der Waals surface area contributed by atoms with Crippen LogP contribution >= 0.6 is 0 Å². The summed E-state index contributed by atoms with van der Waals surface area (Å²) in [6.45, 7) is 15.1. The van der Waals surface area contributed by atoms with Gasteiger partial charge in [-0.05, 0) is 72.2 Å². The van der Waals surface area contributed by atoms with E-state index in [1.165, 1.54) is 0 Å². The van der Waals surface area contributed by atoms with Crippen molar-refractivity contribution in [2.45, 2.75) is 59.7 Å². The summed E-state index contributed by atoms with van der Waals surface area (Å²) in [5.41, 5.74) is 7.44. The number of nitrogens with one attached hydrogen (secondary N) is 1.